The molecule has 0 aliphatic carbocycles. The van der Waals surface area contributed by atoms with E-state index in [-0.39, 0.29) is 11.4 Å². The number of hydrogen-bond acceptors (Lipinski definition) is 4. The largest absolute Gasteiger partial charge is 0.364 e. The van der Waals surface area contributed by atoms with Gasteiger partial charge in [-0.2, -0.15) is 0 Å². The molecule has 2 amide bonds. The van der Waals surface area contributed by atoms with E-state index in [1.54, 1.807) is 0 Å². The van der Waals surface area contributed by atoms with Gasteiger partial charge in [0, 0.05) is 18.9 Å². The molecular formula is C11H13FN4O2. The summed E-state index contributed by atoms with van der Waals surface area (Å²) >= 11 is 0. The lowest BCUT2D eigenvalue weighted by Gasteiger charge is -2.22. The van der Waals surface area contributed by atoms with Crippen molar-refractivity contribution in [1.82, 2.24) is 14.9 Å². The monoisotopic (exact) mass is 252 g/mol. The van der Waals surface area contributed by atoms with Gasteiger partial charge in [0.15, 0.2) is 11.4 Å². The van der Waals surface area contributed by atoms with Crippen molar-refractivity contribution in [2.45, 2.75) is 18.9 Å². The zero-order valence-electron chi connectivity index (χ0n) is 9.67. The first-order valence-corrected chi connectivity index (χ1v) is 5.63. The summed E-state index contributed by atoms with van der Waals surface area (Å²) in [6.45, 7) is -0.139. The van der Waals surface area contributed by atoms with Gasteiger partial charge in [-0.1, -0.05) is 0 Å². The molecule has 2 rings (SSSR count). The van der Waals surface area contributed by atoms with Crippen LogP contribution in [0.1, 0.15) is 33.8 Å². The molecule has 96 valence electrons. The molecule has 1 aliphatic rings. The number of carbonyl (C=O) groups is 2. The van der Waals surface area contributed by atoms with Crippen molar-refractivity contribution >= 4 is 11.8 Å². The van der Waals surface area contributed by atoms with E-state index in [0.29, 0.717) is 13.0 Å². The van der Waals surface area contributed by atoms with Gasteiger partial charge in [-0.05, 0) is 12.8 Å². The highest BCUT2D eigenvalue weighted by atomic mass is 19.1. The van der Waals surface area contributed by atoms with Crippen LogP contribution in [0.5, 0.6) is 0 Å². The number of primary amides is 1. The van der Waals surface area contributed by atoms with Crippen LogP contribution in [0.4, 0.5) is 4.39 Å². The number of carbonyl (C=O) groups excluding carboxylic acids is 2. The van der Waals surface area contributed by atoms with Gasteiger partial charge < -0.3 is 10.6 Å². The van der Waals surface area contributed by atoms with E-state index in [2.05, 4.69) is 9.97 Å². The van der Waals surface area contributed by atoms with E-state index in [1.165, 1.54) is 17.3 Å². The molecule has 2 heterocycles. The van der Waals surface area contributed by atoms with Crippen LogP contribution in [0, 0.1) is 0 Å². The maximum atomic E-state index is 12.8. The first-order valence-electron chi connectivity index (χ1n) is 5.63. The quantitative estimate of drug-likeness (QED) is 0.829. The summed E-state index contributed by atoms with van der Waals surface area (Å²) in [5, 5.41) is 0. The van der Waals surface area contributed by atoms with Crippen molar-refractivity contribution in [3.63, 3.8) is 0 Å². The van der Waals surface area contributed by atoms with Crippen LogP contribution in [0.3, 0.4) is 0 Å². The molecule has 1 saturated heterocycles. The number of alkyl halides is 1. The summed E-state index contributed by atoms with van der Waals surface area (Å²) in [6, 6.07) is -0.444. The minimum absolute atomic E-state index is 0.106. The Kier molecular flexibility index (Phi) is 3.50. The van der Waals surface area contributed by atoms with Crippen molar-refractivity contribution in [3.05, 3.63) is 23.8 Å². The highest BCUT2D eigenvalue weighted by molar-refractivity contribution is 6.04. The maximum Gasteiger partial charge on any atom is 0.275 e. The third kappa shape index (κ3) is 2.15. The molecule has 0 aromatic carbocycles. The van der Waals surface area contributed by atoms with Gasteiger partial charge in [0.25, 0.3) is 11.8 Å². The molecule has 1 aliphatic heterocycles. The topological polar surface area (TPSA) is 89.2 Å². The van der Waals surface area contributed by atoms with Crippen LogP contribution in [-0.2, 0) is 0 Å². The molecule has 1 fully saturated rings. The van der Waals surface area contributed by atoms with Gasteiger partial charge in [-0.15, -0.1) is 0 Å². The van der Waals surface area contributed by atoms with Gasteiger partial charge >= 0.3 is 0 Å². The van der Waals surface area contributed by atoms with Gasteiger partial charge in [0.05, 0.1) is 6.04 Å². The van der Waals surface area contributed by atoms with Crippen LogP contribution in [0.25, 0.3) is 0 Å². The highest BCUT2D eigenvalue weighted by Gasteiger charge is 2.32. The van der Waals surface area contributed by atoms with E-state index in [1.807, 2.05) is 0 Å². The van der Waals surface area contributed by atoms with Gasteiger partial charge in [0.1, 0.15) is 6.67 Å². The smallest absolute Gasteiger partial charge is 0.275 e. The summed E-state index contributed by atoms with van der Waals surface area (Å²) < 4.78 is 12.8. The number of likely N-dealkylation sites (tertiary alicyclic amines) is 1. The Labute approximate surface area is 103 Å². The Morgan fingerprint density at radius 3 is 2.67 bits per heavy atom. The fourth-order valence-corrected chi connectivity index (χ4v) is 2.07. The summed E-state index contributed by atoms with van der Waals surface area (Å²) in [4.78, 5) is 32.3. The van der Waals surface area contributed by atoms with Crippen LogP contribution in [0.2, 0.25) is 0 Å². The first-order chi connectivity index (χ1) is 8.65. The molecule has 1 aromatic heterocycles. The summed E-state index contributed by atoms with van der Waals surface area (Å²) in [5.41, 5.74) is 4.85. The van der Waals surface area contributed by atoms with Crippen LogP contribution in [0.15, 0.2) is 12.4 Å². The average Bonchev–Trinajstić information content (AvgIpc) is 2.86. The molecule has 1 aromatic rings. The lowest BCUT2D eigenvalue weighted by molar-refractivity contribution is 0.0704. The molecule has 1 atom stereocenters. The number of halogens is 1. The molecular weight excluding hydrogens is 239 g/mol. The summed E-state index contributed by atoms with van der Waals surface area (Å²) in [7, 11) is 0. The zero-order valence-corrected chi connectivity index (χ0v) is 9.67. The molecule has 6 nitrogen and oxygen atoms in total. The van der Waals surface area contributed by atoms with Gasteiger partial charge in [0.2, 0.25) is 0 Å². The fraction of sp³-hybridized carbons (Fsp3) is 0.455. The number of hydrogen-bond donors (Lipinski definition) is 1. The number of aromatic nitrogens is 2. The molecule has 0 saturated carbocycles. The van der Waals surface area contributed by atoms with E-state index in [4.69, 9.17) is 5.73 Å². The van der Waals surface area contributed by atoms with Crippen molar-refractivity contribution < 1.29 is 14.0 Å². The van der Waals surface area contributed by atoms with Crippen molar-refractivity contribution in [2.24, 2.45) is 5.73 Å². The summed E-state index contributed by atoms with van der Waals surface area (Å²) in [5.74, 6) is -1.31. The molecule has 0 radical (unpaired) electrons. The first kappa shape index (κ1) is 12.4. The van der Waals surface area contributed by atoms with Crippen molar-refractivity contribution in [2.75, 3.05) is 13.2 Å². The second-order valence-electron chi connectivity index (χ2n) is 4.07. The third-order valence-corrected chi connectivity index (χ3v) is 2.95. The maximum absolute atomic E-state index is 12.8. The van der Waals surface area contributed by atoms with Crippen molar-refractivity contribution in [3.8, 4) is 0 Å². The van der Waals surface area contributed by atoms with Crippen LogP contribution < -0.4 is 5.73 Å². The number of rotatable bonds is 3. The molecule has 18 heavy (non-hydrogen) atoms. The Bertz CT molecular complexity index is 480. The highest BCUT2D eigenvalue weighted by Crippen LogP contribution is 2.20. The third-order valence-electron chi connectivity index (χ3n) is 2.95. The van der Waals surface area contributed by atoms with E-state index in [0.717, 1.165) is 6.42 Å². The van der Waals surface area contributed by atoms with Gasteiger partial charge in [-0.3, -0.25) is 9.59 Å². The second kappa shape index (κ2) is 5.07. The average molecular weight is 252 g/mol. The lowest BCUT2D eigenvalue weighted by atomic mass is 10.2. The molecule has 2 N–H and O–H groups in total. The van der Waals surface area contributed by atoms with Crippen molar-refractivity contribution in [1.29, 1.82) is 0 Å². The van der Waals surface area contributed by atoms with E-state index >= 15 is 0 Å². The molecule has 7 heteroatoms. The predicted octanol–water partition coefficient (Wildman–Crippen LogP) is 0.150. The Morgan fingerprint density at radius 1 is 1.39 bits per heavy atom. The minimum atomic E-state index is -0.817. The molecule has 0 spiro atoms. The minimum Gasteiger partial charge on any atom is -0.364 e. The lowest BCUT2D eigenvalue weighted by Crippen LogP contribution is -2.38. The fourth-order valence-electron chi connectivity index (χ4n) is 2.07. The van der Waals surface area contributed by atoms with Crippen LogP contribution in [-0.4, -0.2) is 45.9 Å². The summed E-state index contributed by atoms with van der Waals surface area (Å²) in [6.07, 6.45) is 3.95. The Hall–Kier alpha value is -2.05. The van der Waals surface area contributed by atoms with E-state index in [9.17, 15) is 14.0 Å². The molecule has 0 bridgehead atoms. The Balaban J connectivity index is 2.31. The second-order valence-corrected chi connectivity index (χ2v) is 4.07. The van der Waals surface area contributed by atoms with Gasteiger partial charge in [-0.25, -0.2) is 14.4 Å². The molecule has 1 unspecified atom stereocenters. The number of nitrogens with two attached hydrogens (primary N) is 1. The van der Waals surface area contributed by atoms with Crippen LogP contribution >= 0.6 is 0 Å². The SMILES string of the molecule is NC(=O)c1nccnc1C(=O)N1CCCC1CF. The standard InChI is InChI=1S/C11H13FN4O2/c12-6-7-2-1-5-16(7)11(18)9-8(10(13)17)14-3-4-15-9/h3-4,7H,1-2,5-6H2,(H2,13,17). The number of amides is 2. The normalized spacial score (nSPS) is 18.9. The zero-order chi connectivity index (χ0) is 13.1. The Morgan fingerprint density at radius 2 is 2.06 bits per heavy atom. The number of nitrogens with zero attached hydrogens (tertiary/aromatic N) is 3. The van der Waals surface area contributed by atoms with E-state index < -0.39 is 24.5 Å². The predicted molar refractivity (Wildman–Crippen MR) is 60.6 cm³/mol.